The standard InChI is InChI=1S/C14H20BrNO3/c1-9(8-15)10(2)16-14(17)11-5-12(18-3)7-13(6-11)19-4/h5-7,9-10H,8H2,1-4H3,(H,16,17). The van der Waals surface area contributed by atoms with Crippen molar-refractivity contribution in [2.75, 3.05) is 19.5 Å². The summed E-state index contributed by atoms with van der Waals surface area (Å²) in [7, 11) is 3.12. The van der Waals surface area contributed by atoms with Gasteiger partial charge < -0.3 is 14.8 Å². The number of nitrogens with one attached hydrogen (secondary N) is 1. The Morgan fingerprint density at radius 2 is 1.74 bits per heavy atom. The molecular weight excluding hydrogens is 310 g/mol. The Bertz CT molecular complexity index is 414. The minimum atomic E-state index is -0.127. The van der Waals surface area contributed by atoms with Crippen LogP contribution in [0.15, 0.2) is 18.2 Å². The third-order valence-electron chi connectivity index (χ3n) is 3.07. The summed E-state index contributed by atoms with van der Waals surface area (Å²) in [5, 5.41) is 3.81. The first-order valence-corrected chi connectivity index (χ1v) is 7.23. The number of halogens is 1. The van der Waals surface area contributed by atoms with Crippen molar-refractivity contribution < 1.29 is 14.3 Å². The van der Waals surface area contributed by atoms with Gasteiger partial charge in [-0.25, -0.2) is 0 Å². The molecule has 0 aromatic heterocycles. The summed E-state index contributed by atoms with van der Waals surface area (Å²) in [5.41, 5.74) is 0.532. The van der Waals surface area contributed by atoms with Gasteiger partial charge in [-0.2, -0.15) is 0 Å². The van der Waals surface area contributed by atoms with Gasteiger partial charge in [0.25, 0.3) is 5.91 Å². The van der Waals surface area contributed by atoms with E-state index in [-0.39, 0.29) is 11.9 Å². The highest BCUT2D eigenvalue weighted by atomic mass is 79.9. The molecule has 0 saturated heterocycles. The van der Waals surface area contributed by atoms with Crippen LogP contribution in [0.5, 0.6) is 11.5 Å². The smallest absolute Gasteiger partial charge is 0.251 e. The molecule has 2 atom stereocenters. The van der Waals surface area contributed by atoms with Crippen LogP contribution in [0, 0.1) is 5.92 Å². The van der Waals surface area contributed by atoms with Crippen molar-refractivity contribution in [1.29, 1.82) is 0 Å². The van der Waals surface area contributed by atoms with Crippen LogP contribution in [-0.4, -0.2) is 31.5 Å². The fourth-order valence-electron chi connectivity index (χ4n) is 1.50. The molecule has 0 heterocycles. The predicted molar refractivity (Wildman–Crippen MR) is 79.4 cm³/mol. The Hall–Kier alpha value is -1.23. The summed E-state index contributed by atoms with van der Waals surface area (Å²) in [6, 6.07) is 5.22. The van der Waals surface area contributed by atoms with Crippen molar-refractivity contribution in [3.8, 4) is 11.5 Å². The maximum absolute atomic E-state index is 12.2. The average Bonchev–Trinajstić information content (AvgIpc) is 2.45. The first-order valence-electron chi connectivity index (χ1n) is 6.11. The zero-order valence-corrected chi connectivity index (χ0v) is 13.3. The first kappa shape index (κ1) is 15.8. The Morgan fingerprint density at radius 1 is 1.21 bits per heavy atom. The number of methoxy groups -OCH3 is 2. The van der Waals surface area contributed by atoms with Gasteiger partial charge in [0.2, 0.25) is 0 Å². The van der Waals surface area contributed by atoms with Crippen LogP contribution in [0.2, 0.25) is 0 Å². The molecule has 19 heavy (non-hydrogen) atoms. The van der Waals surface area contributed by atoms with Crippen molar-refractivity contribution in [2.45, 2.75) is 19.9 Å². The first-order chi connectivity index (χ1) is 9.01. The van der Waals surface area contributed by atoms with Crippen molar-refractivity contribution >= 4 is 21.8 Å². The van der Waals surface area contributed by atoms with Crippen LogP contribution in [0.1, 0.15) is 24.2 Å². The molecule has 0 saturated carbocycles. The van der Waals surface area contributed by atoms with E-state index in [1.807, 2.05) is 6.92 Å². The minimum absolute atomic E-state index is 0.0871. The lowest BCUT2D eigenvalue weighted by atomic mass is 10.1. The number of carbonyl (C=O) groups is 1. The van der Waals surface area contributed by atoms with Crippen LogP contribution in [0.3, 0.4) is 0 Å². The van der Waals surface area contributed by atoms with E-state index in [9.17, 15) is 4.79 Å². The van der Waals surface area contributed by atoms with Crippen LogP contribution < -0.4 is 14.8 Å². The maximum Gasteiger partial charge on any atom is 0.251 e. The predicted octanol–water partition coefficient (Wildman–Crippen LogP) is 2.85. The molecule has 106 valence electrons. The quantitative estimate of drug-likeness (QED) is 0.816. The van der Waals surface area contributed by atoms with Crippen LogP contribution in [0.25, 0.3) is 0 Å². The summed E-state index contributed by atoms with van der Waals surface area (Å²) in [6.45, 7) is 4.06. The normalized spacial score (nSPS) is 13.5. The van der Waals surface area contributed by atoms with Crippen molar-refractivity contribution in [2.24, 2.45) is 5.92 Å². The van der Waals surface area contributed by atoms with E-state index in [0.29, 0.717) is 23.0 Å². The van der Waals surface area contributed by atoms with E-state index < -0.39 is 0 Å². The minimum Gasteiger partial charge on any atom is -0.497 e. The second kappa shape index (κ2) is 7.38. The third-order valence-corrected chi connectivity index (χ3v) is 4.09. The monoisotopic (exact) mass is 329 g/mol. The number of ether oxygens (including phenoxy) is 2. The van der Waals surface area contributed by atoms with E-state index in [4.69, 9.17) is 9.47 Å². The summed E-state index contributed by atoms with van der Waals surface area (Å²) in [6.07, 6.45) is 0. The molecule has 1 N–H and O–H groups in total. The molecular formula is C14H20BrNO3. The molecule has 4 nitrogen and oxygen atoms in total. The van der Waals surface area contributed by atoms with Gasteiger partial charge in [0.1, 0.15) is 11.5 Å². The molecule has 1 rings (SSSR count). The Kier molecular flexibility index (Phi) is 6.15. The lowest BCUT2D eigenvalue weighted by Gasteiger charge is -2.19. The summed E-state index contributed by atoms with van der Waals surface area (Å²) < 4.78 is 10.3. The molecule has 0 radical (unpaired) electrons. The van der Waals surface area contributed by atoms with Gasteiger partial charge in [0.15, 0.2) is 0 Å². The van der Waals surface area contributed by atoms with Crippen molar-refractivity contribution in [1.82, 2.24) is 5.32 Å². The Labute approximate surface area is 122 Å². The molecule has 0 spiro atoms. The van der Waals surface area contributed by atoms with E-state index in [1.165, 1.54) is 0 Å². The number of carbonyl (C=O) groups excluding carboxylic acids is 1. The van der Waals surface area contributed by atoms with E-state index in [1.54, 1.807) is 32.4 Å². The number of alkyl halides is 1. The molecule has 1 amide bonds. The molecule has 1 aromatic rings. The summed E-state index contributed by atoms with van der Waals surface area (Å²) in [4.78, 5) is 12.2. The number of amides is 1. The van der Waals surface area contributed by atoms with E-state index >= 15 is 0 Å². The van der Waals surface area contributed by atoms with Gasteiger partial charge in [-0.1, -0.05) is 22.9 Å². The van der Waals surface area contributed by atoms with Crippen molar-refractivity contribution in [3.05, 3.63) is 23.8 Å². The highest BCUT2D eigenvalue weighted by molar-refractivity contribution is 9.09. The van der Waals surface area contributed by atoms with E-state index in [2.05, 4.69) is 28.2 Å². The van der Waals surface area contributed by atoms with Gasteiger partial charge >= 0.3 is 0 Å². The van der Waals surface area contributed by atoms with Gasteiger partial charge in [0, 0.05) is 23.0 Å². The van der Waals surface area contributed by atoms with Crippen LogP contribution >= 0.6 is 15.9 Å². The second-order valence-electron chi connectivity index (χ2n) is 4.50. The highest BCUT2D eigenvalue weighted by Crippen LogP contribution is 2.22. The third kappa shape index (κ3) is 4.42. The van der Waals surface area contributed by atoms with Crippen LogP contribution in [-0.2, 0) is 0 Å². The molecule has 0 aliphatic rings. The Balaban J connectivity index is 2.87. The molecule has 0 aliphatic heterocycles. The highest BCUT2D eigenvalue weighted by Gasteiger charge is 2.16. The van der Waals surface area contributed by atoms with Gasteiger partial charge in [-0.3, -0.25) is 4.79 Å². The van der Waals surface area contributed by atoms with Crippen molar-refractivity contribution in [3.63, 3.8) is 0 Å². The number of hydrogen-bond acceptors (Lipinski definition) is 3. The molecule has 1 aromatic carbocycles. The fraction of sp³-hybridized carbons (Fsp3) is 0.500. The van der Waals surface area contributed by atoms with Gasteiger partial charge in [-0.05, 0) is 25.0 Å². The summed E-state index contributed by atoms with van der Waals surface area (Å²) >= 11 is 3.42. The molecule has 2 unspecified atom stereocenters. The SMILES string of the molecule is COc1cc(OC)cc(C(=O)NC(C)C(C)CBr)c1. The number of benzene rings is 1. The average molecular weight is 330 g/mol. The van der Waals surface area contributed by atoms with Crippen LogP contribution in [0.4, 0.5) is 0 Å². The largest absolute Gasteiger partial charge is 0.497 e. The number of hydrogen-bond donors (Lipinski definition) is 1. The van der Waals surface area contributed by atoms with E-state index in [0.717, 1.165) is 5.33 Å². The number of rotatable bonds is 6. The second-order valence-corrected chi connectivity index (χ2v) is 5.14. The Morgan fingerprint density at radius 3 is 2.16 bits per heavy atom. The van der Waals surface area contributed by atoms with Gasteiger partial charge in [0.05, 0.1) is 14.2 Å². The lowest BCUT2D eigenvalue weighted by molar-refractivity contribution is 0.0930. The zero-order chi connectivity index (χ0) is 14.4. The fourth-order valence-corrected chi connectivity index (χ4v) is 2.07. The molecule has 0 aliphatic carbocycles. The summed E-state index contributed by atoms with van der Waals surface area (Å²) in [5.74, 6) is 1.44. The molecule has 0 bridgehead atoms. The van der Waals surface area contributed by atoms with Gasteiger partial charge in [-0.15, -0.1) is 0 Å². The topological polar surface area (TPSA) is 47.6 Å². The maximum atomic E-state index is 12.2. The molecule has 5 heteroatoms. The lowest BCUT2D eigenvalue weighted by Crippen LogP contribution is -2.37. The molecule has 0 fully saturated rings. The zero-order valence-electron chi connectivity index (χ0n) is 11.7.